The second-order valence-electron chi connectivity index (χ2n) is 13.0. The van der Waals surface area contributed by atoms with Crippen molar-refractivity contribution in [1.29, 1.82) is 0 Å². The van der Waals surface area contributed by atoms with Gasteiger partial charge in [0.2, 0.25) is 0 Å². The molecule has 4 aromatic heterocycles. The van der Waals surface area contributed by atoms with E-state index in [0.717, 1.165) is 22.6 Å². The summed E-state index contributed by atoms with van der Waals surface area (Å²) in [4.78, 5) is 9.72. The van der Waals surface area contributed by atoms with Crippen LogP contribution in [0.25, 0.3) is 59.1 Å². The van der Waals surface area contributed by atoms with Crippen molar-refractivity contribution in [2.75, 3.05) is 0 Å². The van der Waals surface area contributed by atoms with Crippen LogP contribution in [-0.4, -0.2) is 22.6 Å². The molecule has 0 aliphatic heterocycles. The van der Waals surface area contributed by atoms with E-state index in [1.807, 2.05) is 35.9 Å². The van der Waals surface area contributed by atoms with Gasteiger partial charge < -0.3 is 0 Å². The van der Waals surface area contributed by atoms with Gasteiger partial charge in [-0.1, -0.05) is 133 Å². The van der Waals surface area contributed by atoms with Gasteiger partial charge in [-0.3, -0.25) is 9.55 Å². The molecule has 4 heterocycles. The van der Waals surface area contributed by atoms with Crippen LogP contribution < -0.4 is 20.7 Å². The smallest absolute Gasteiger partial charge is 0.179 e. The van der Waals surface area contributed by atoms with Gasteiger partial charge in [0.1, 0.15) is 5.82 Å². The molecule has 5 heteroatoms. The third-order valence-corrected chi connectivity index (χ3v) is 16.1. The van der Waals surface area contributed by atoms with E-state index in [1.54, 1.807) is 0 Å². The van der Waals surface area contributed by atoms with Crippen molar-refractivity contribution in [1.82, 2.24) is 14.5 Å². The second-order valence-corrected chi connectivity index (χ2v) is 17.9. The van der Waals surface area contributed by atoms with E-state index in [0.29, 0.717) is 0 Å². The fourth-order valence-electron chi connectivity index (χ4n) is 8.09. The summed E-state index contributed by atoms with van der Waals surface area (Å²) in [6.07, 6.45) is 3.78. The van der Waals surface area contributed by atoms with Gasteiger partial charge in [-0.15, -0.1) is 11.3 Å². The predicted octanol–water partition coefficient (Wildman–Crippen LogP) is 8.99. The van der Waals surface area contributed by atoms with E-state index in [-0.39, 0.29) is 0 Å². The lowest BCUT2D eigenvalue weighted by Crippen LogP contribution is -2.74. The minimum Gasteiger partial charge on any atom is -0.293 e. The lowest BCUT2D eigenvalue weighted by Gasteiger charge is -2.34. The Morgan fingerprint density at radius 2 is 1.12 bits per heavy atom. The van der Waals surface area contributed by atoms with Crippen LogP contribution in [0.2, 0.25) is 0 Å². The number of benzene rings is 6. The zero-order valence-electron chi connectivity index (χ0n) is 27.6. The van der Waals surface area contributed by atoms with Crippen LogP contribution in [0.15, 0.2) is 188 Å². The first kappa shape index (κ1) is 29.7. The summed E-state index contributed by atoms with van der Waals surface area (Å²) in [5.74, 6) is 0.918. The standard InChI is InChI=1S/C46H31N3SSi/c1-3-15-33(16-4-1)51(34-17-5-2-6-18-34,35-19-13-14-32(30-35)40-21-9-11-28-47-40)36-24-25-37-38-26-27-43-45(39-20-7-8-22-42(39)50-43)46(38)49(41(37)31-36)44-23-10-12-29-48-44/h1-31H. The highest BCUT2D eigenvalue weighted by molar-refractivity contribution is 7.26. The zero-order valence-corrected chi connectivity index (χ0v) is 29.5. The molecule has 10 rings (SSSR count). The van der Waals surface area contributed by atoms with Crippen LogP contribution in [0.4, 0.5) is 0 Å². The van der Waals surface area contributed by atoms with Crippen LogP contribution in [0, 0.1) is 0 Å². The molecule has 0 aliphatic carbocycles. The Bertz CT molecular complexity index is 2810. The molecule has 3 nitrogen and oxygen atoms in total. The van der Waals surface area contributed by atoms with E-state index < -0.39 is 8.07 Å². The average Bonchev–Trinajstić information content (AvgIpc) is 3.75. The molecule has 0 saturated carbocycles. The summed E-state index contributed by atoms with van der Waals surface area (Å²) in [6.45, 7) is 0. The van der Waals surface area contributed by atoms with Crippen molar-refractivity contribution in [3.63, 3.8) is 0 Å². The first-order chi connectivity index (χ1) is 25.3. The summed E-state index contributed by atoms with van der Waals surface area (Å²) < 4.78 is 4.99. The summed E-state index contributed by atoms with van der Waals surface area (Å²) in [7, 11) is -2.90. The minimum absolute atomic E-state index is 0.918. The third kappa shape index (κ3) is 4.63. The van der Waals surface area contributed by atoms with Gasteiger partial charge in [0.25, 0.3) is 0 Å². The van der Waals surface area contributed by atoms with Crippen LogP contribution in [-0.2, 0) is 0 Å². The van der Waals surface area contributed by atoms with Crippen molar-refractivity contribution in [3.8, 4) is 17.1 Å². The number of hydrogen-bond acceptors (Lipinski definition) is 3. The highest BCUT2D eigenvalue weighted by atomic mass is 32.1. The van der Waals surface area contributed by atoms with Crippen molar-refractivity contribution in [2.45, 2.75) is 0 Å². The van der Waals surface area contributed by atoms with Crippen molar-refractivity contribution >= 4 is 82.1 Å². The molecule has 0 radical (unpaired) electrons. The molecule has 10 aromatic rings. The average molecular weight is 686 g/mol. The van der Waals surface area contributed by atoms with Gasteiger partial charge in [0.05, 0.1) is 16.7 Å². The molecule has 0 unspecified atom stereocenters. The zero-order chi connectivity index (χ0) is 33.8. The Labute approximate surface area is 300 Å². The maximum absolute atomic E-state index is 4.97. The topological polar surface area (TPSA) is 30.7 Å². The Morgan fingerprint density at radius 3 is 1.86 bits per heavy atom. The van der Waals surface area contributed by atoms with E-state index in [4.69, 9.17) is 9.97 Å². The van der Waals surface area contributed by atoms with Crippen molar-refractivity contribution in [3.05, 3.63) is 188 Å². The van der Waals surface area contributed by atoms with Crippen LogP contribution in [0.1, 0.15) is 0 Å². The molecule has 6 aromatic carbocycles. The summed E-state index contributed by atoms with van der Waals surface area (Å²) >= 11 is 1.86. The molecule has 0 N–H and O–H groups in total. The van der Waals surface area contributed by atoms with E-state index in [9.17, 15) is 0 Å². The molecule has 0 fully saturated rings. The minimum atomic E-state index is -2.90. The normalized spacial score (nSPS) is 11.9. The number of aromatic nitrogens is 3. The molecule has 51 heavy (non-hydrogen) atoms. The van der Waals surface area contributed by atoms with Gasteiger partial charge >= 0.3 is 0 Å². The quantitative estimate of drug-likeness (QED) is 0.129. The molecule has 0 aliphatic rings. The summed E-state index contributed by atoms with van der Waals surface area (Å²) in [6, 6.07) is 64.4. The second kappa shape index (κ2) is 12.0. The molecule has 0 bridgehead atoms. The van der Waals surface area contributed by atoms with Gasteiger partial charge in [-0.25, -0.2) is 4.98 Å². The van der Waals surface area contributed by atoms with Crippen molar-refractivity contribution < 1.29 is 0 Å². The van der Waals surface area contributed by atoms with Crippen molar-refractivity contribution in [2.24, 2.45) is 0 Å². The Kier molecular flexibility index (Phi) is 7.01. The number of hydrogen-bond donors (Lipinski definition) is 0. The highest BCUT2D eigenvalue weighted by Crippen LogP contribution is 2.42. The number of rotatable bonds is 6. The summed E-state index contributed by atoms with van der Waals surface area (Å²) in [5, 5.41) is 10.3. The maximum atomic E-state index is 4.97. The van der Waals surface area contributed by atoms with E-state index in [1.165, 1.54) is 57.2 Å². The number of fused-ring (bicyclic) bond motifs is 7. The maximum Gasteiger partial charge on any atom is 0.179 e. The monoisotopic (exact) mass is 685 g/mol. The van der Waals surface area contributed by atoms with E-state index in [2.05, 4.69) is 168 Å². The SMILES string of the molecule is c1ccc([Si](c2ccccc2)(c2cccc(-c3ccccn3)c2)c2ccc3c4ccc5sc6ccccc6c5c4n(-c4ccccn4)c3c2)cc1. The Balaban J connectivity index is 1.36. The van der Waals surface area contributed by atoms with Crippen LogP contribution >= 0.6 is 11.3 Å². The molecular weight excluding hydrogens is 655 g/mol. The molecular formula is C46H31N3SSi. The van der Waals surface area contributed by atoms with Crippen LogP contribution in [0.5, 0.6) is 0 Å². The van der Waals surface area contributed by atoms with Crippen LogP contribution in [0.3, 0.4) is 0 Å². The van der Waals surface area contributed by atoms with Gasteiger partial charge in [-0.2, -0.15) is 0 Å². The predicted molar refractivity (Wildman–Crippen MR) is 218 cm³/mol. The molecule has 0 amide bonds. The summed E-state index contributed by atoms with van der Waals surface area (Å²) in [5.41, 5.74) is 4.46. The van der Waals surface area contributed by atoms with Gasteiger partial charge in [-0.05, 0) is 63.2 Å². The number of pyridine rings is 2. The number of thiophene rings is 1. The fourth-order valence-corrected chi connectivity index (χ4v) is 14.0. The Morgan fingerprint density at radius 1 is 0.451 bits per heavy atom. The Hall–Kier alpha value is -6.14. The van der Waals surface area contributed by atoms with Gasteiger partial charge in [0, 0.05) is 48.9 Å². The van der Waals surface area contributed by atoms with E-state index >= 15 is 0 Å². The molecule has 0 saturated heterocycles. The van der Waals surface area contributed by atoms with Gasteiger partial charge in [0.15, 0.2) is 8.07 Å². The first-order valence-electron chi connectivity index (χ1n) is 17.2. The number of nitrogens with zero attached hydrogens (tertiary/aromatic N) is 3. The molecule has 240 valence electrons. The highest BCUT2D eigenvalue weighted by Gasteiger charge is 2.42. The lowest BCUT2D eigenvalue weighted by atomic mass is 10.1. The fraction of sp³-hybridized carbons (Fsp3) is 0. The largest absolute Gasteiger partial charge is 0.293 e. The lowest BCUT2D eigenvalue weighted by molar-refractivity contribution is 1.08. The molecule has 0 spiro atoms. The molecule has 0 atom stereocenters. The first-order valence-corrected chi connectivity index (χ1v) is 20.1. The third-order valence-electron chi connectivity index (χ3n) is 10.2.